The first-order chi connectivity index (χ1) is 9.56. The third-order valence-electron chi connectivity index (χ3n) is 4.94. The highest BCUT2D eigenvalue weighted by Crippen LogP contribution is 2.31. The lowest BCUT2D eigenvalue weighted by Crippen LogP contribution is -2.38. The van der Waals surface area contributed by atoms with E-state index in [4.69, 9.17) is 0 Å². The molecule has 1 aromatic rings. The Kier molecular flexibility index (Phi) is 5.65. The Morgan fingerprint density at radius 3 is 2.35 bits per heavy atom. The van der Waals surface area contributed by atoms with Gasteiger partial charge in [0.15, 0.2) is 0 Å². The van der Waals surface area contributed by atoms with Gasteiger partial charge in [-0.25, -0.2) is 0 Å². The molecule has 0 spiro atoms. The van der Waals surface area contributed by atoms with Crippen molar-refractivity contribution in [2.24, 2.45) is 17.8 Å². The molecule has 1 aliphatic carbocycles. The van der Waals surface area contributed by atoms with Crippen LogP contribution in [0.15, 0.2) is 30.3 Å². The molecule has 1 fully saturated rings. The molecule has 4 atom stereocenters. The van der Waals surface area contributed by atoms with Crippen LogP contribution < -0.4 is 5.32 Å². The zero-order valence-electron chi connectivity index (χ0n) is 13.6. The molecule has 4 unspecified atom stereocenters. The molecule has 1 nitrogen and oxygen atoms in total. The fraction of sp³-hybridized carbons (Fsp3) is 0.684. The molecule has 0 aromatic heterocycles. The minimum Gasteiger partial charge on any atom is -0.307 e. The van der Waals surface area contributed by atoms with Crippen LogP contribution in [0.2, 0.25) is 0 Å². The Balaban J connectivity index is 2.01. The van der Waals surface area contributed by atoms with E-state index < -0.39 is 0 Å². The Morgan fingerprint density at radius 2 is 1.75 bits per heavy atom. The minimum absolute atomic E-state index is 0.516. The number of hydrogen-bond acceptors (Lipinski definition) is 1. The number of hydrogen-bond donors (Lipinski definition) is 1. The van der Waals surface area contributed by atoms with Gasteiger partial charge in [-0.3, -0.25) is 0 Å². The third-order valence-corrected chi connectivity index (χ3v) is 4.94. The lowest BCUT2D eigenvalue weighted by atomic mass is 9.78. The van der Waals surface area contributed by atoms with Crippen LogP contribution in [-0.4, -0.2) is 6.04 Å². The van der Waals surface area contributed by atoms with Gasteiger partial charge in [-0.1, -0.05) is 58.0 Å². The van der Waals surface area contributed by atoms with Crippen LogP contribution in [0, 0.1) is 17.8 Å². The second-order valence-corrected chi connectivity index (χ2v) is 7.22. The lowest BCUT2D eigenvalue weighted by Gasteiger charge is -2.35. The molecular weight excluding hydrogens is 242 g/mol. The van der Waals surface area contributed by atoms with Gasteiger partial charge < -0.3 is 5.32 Å². The van der Waals surface area contributed by atoms with E-state index in [2.05, 4.69) is 63.3 Å². The van der Waals surface area contributed by atoms with E-state index in [0.717, 1.165) is 17.8 Å². The summed E-state index contributed by atoms with van der Waals surface area (Å²) < 4.78 is 0. The minimum atomic E-state index is 0.516. The summed E-state index contributed by atoms with van der Waals surface area (Å²) in [6.07, 6.45) is 5.28. The Morgan fingerprint density at radius 1 is 1.05 bits per heavy atom. The fourth-order valence-corrected chi connectivity index (χ4v) is 3.44. The second-order valence-electron chi connectivity index (χ2n) is 7.22. The first kappa shape index (κ1) is 15.6. The molecule has 0 radical (unpaired) electrons. The highest BCUT2D eigenvalue weighted by Gasteiger charge is 2.26. The standard InChI is InChI=1S/C19H31N/c1-14(2)12-19(17-8-6-5-7-9-17)20-18-11-10-15(3)16(4)13-18/h5-9,14-16,18-20H,10-13H2,1-4H3. The van der Waals surface area contributed by atoms with Crippen molar-refractivity contribution in [1.82, 2.24) is 5.32 Å². The van der Waals surface area contributed by atoms with Crippen LogP contribution in [0.25, 0.3) is 0 Å². The average molecular weight is 273 g/mol. The summed E-state index contributed by atoms with van der Waals surface area (Å²) in [5.41, 5.74) is 1.45. The van der Waals surface area contributed by atoms with E-state index in [1.165, 1.54) is 31.2 Å². The largest absolute Gasteiger partial charge is 0.307 e. The molecule has 0 saturated heterocycles. The van der Waals surface area contributed by atoms with Gasteiger partial charge in [-0.2, -0.15) is 0 Å². The highest BCUT2D eigenvalue weighted by atomic mass is 15.0. The van der Waals surface area contributed by atoms with E-state index >= 15 is 0 Å². The summed E-state index contributed by atoms with van der Waals surface area (Å²) in [4.78, 5) is 0. The maximum atomic E-state index is 3.95. The highest BCUT2D eigenvalue weighted by molar-refractivity contribution is 5.19. The smallest absolute Gasteiger partial charge is 0.0325 e. The molecule has 0 aliphatic heterocycles. The quantitative estimate of drug-likeness (QED) is 0.778. The monoisotopic (exact) mass is 273 g/mol. The predicted octanol–water partition coefficient (Wildman–Crippen LogP) is 5.19. The summed E-state index contributed by atoms with van der Waals surface area (Å²) >= 11 is 0. The second kappa shape index (κ2) is 7.26. The van der Waals surface area contributed by atoms with Crippen molar-refractivity contribution in [3.63, 3.8) is 0 Å². The summed E-state index contributed by atoms with van der Waals surface area (Å²) in [6.45, 7) is 9.47. The first-order valence-electron chi connectivity index (χ1n) is 8.37. The fourth-order valence-electron chi connectivity index (χ4n) is 3.44. The Hall–Kier alpha value is -0.820. The van der Waals surface area contributed by atoms with E-state index in [1.54, 1.807) is 0 Å². The molecule has 1 N–H and O–H groups in total. The van der Waals surface area contributed by atoms with E-state index in [-0.39, 0.29) is 0 Å². The molecule has 2 rings (SSSR count). The maximum Gasteiger partial charge on any atom is 0.0325 e. The molecule has 1 saturated carbocycles. The maximum absolute atomic E-state index is 3.95. The van der Waals surface area contributed by atoms with Crippen LogP contribution in [0.1, 0.15) is 65.0 Å². The Labute approximate surface area is 125 Å². The van der Waals surface area contributed by atoms with E-state index in [1.807, 2.05) is 0 Å². The molecule has 20 heavy (non-hydrogen) atoms. The molecule has 0 heterocycles. The SMILES string of the molecule is CC(C)CC(NC1CCC(C)C(C)C1)c1ccccc1. The zero-order valence-corrected chi connectivity index (χ0v) is 13.6. The summed E-state index contributed by atoms with van der Waals surface area (Å²) in [5, 5.41) is 3.95. The van der Waals surface area contributed by atoms with Gasteiger partial charge in [-0.05, 0) is 49.0 Å². The van der Waals surface area contributed by atoms with Gasteiger partial charge in [0.2, 0.25) is 0 Å². The van der Waals surface area contributed by atoms with Crippen LogP contribution >= 0.6 is 0 Å². The van der Waals surface area contributed by atoms with Crippen LogP contribution in [0.5, 0.6) is 0 Å². The number of rotatable bonds is 5. The van der Waals surface area contributed by atoms with Crippen molar-refractivity contribution >= 4 is 0 Å². The molecule has 1 aliphatic rings. The van der Waals surface area contributed by atoms with Crippen molar-refractivity contribution < 1.29 is 0 Å². The lowest BCUT2D eigenvalue weighted by molar-refractivity contribution is 0.209. The van der Waals surface area contributed by atoms with Crippen LogP contribution in [-0.2, 0) is 0 Å². The van der Waals surface area contributed by atoms with Crippen molar-refractivity contribution in [1.29, 1.82) is 0 Å². The third kappa shape index (κ3) is 4.34. The molecule has 112 valence electrons. The molecule has 0 bridgehead atoms. The number of nitrogens with one attached hydrogen (secondary N) is 1. The van der Waals surface area contributed by atoms with Gasteiger partial charge in [0.25, 0.3) is 0 Å². The zero-order chi connectivity index (χ0) is 14.5. The Bertz CT molecular complexity index is 384. The number of benzene rings is 1. The molecule has 0 amide bonds. The normalized spacial score (nSPS) is 28.6. The molecule has 1 aromatic carbocycles. The van der Waals surface area contributed by atoms with Gasteiger partial charge in [0, 0.05) is 12.1 Å². The van der Waals surface area contributed by atoms with Crippen molar-refractivity contribution in [2.75, 3.05) is 0 Å². The average Bonchev–Trinajstić information content (AvgIpc) is 2.43. The van der Waals surface area contributed by atoms with Gasteiger partial charge in [0.05, 0.1) is 0 Å². The van der Waals surface area contributed by atoms with Gasteiger partial charge in [-0.15, -0.1) is 0 Å². The predicted molar refractivity (Wildman–Crippen MR) is 87.7 cm³/mol. The summed E-state index contributed by atoms with van der Waals surface area (Å²) in [6, 6.07) is 12.2. The molecule has 1 heteroatoms. The van der Waals surface area contributed by atoms with Gasteiger partial charge >= 0.3 is 0 Å². The van der Waals surface area contributed by atoms with Gasteiger partial charge in [0.1, 0.15) is 0 Å². The van der Waals surface area contributed by atoms with Crippen molar-refractivity contribution in [2.45, 2.75) is 65.5 Å². The first-order valence-corrected chi connectivity index (χ1v) is 8.37. The summed E-state index contributed by atoms with van der Waals surface area (Å²) in [5.74, 6) is 2.48. The van der Waals surface area contributed by atoms with Crippen molar-refractivity contribution in [3.8, 4) is 0 Å². The van der Waals surface area contributed by atoms with Crippen molar-refractivity contribution in [3.05, 3.63) is 35.9 Å². The molecular formula is C19H31N. The topological polar surface area (TPSA) is 12.0 Å². The van der Waals surface area contributed by atoms with E-state index in [0.29, 0.717) is 12.1 Å². The van der Waals surface area contributed by atoms with Crippen LogP contribution in [0.3, 0.4) is 0 Å². The summed E-state index contributed by atoms with van der Waals surface area (Å²) in [7, 11) is 0. The van der Waals surface area contributed by atoms with E-state index in [9.17, 15) is 0 Å². The van der Waals surface area contributed by atoms with Crippen LogP contribution in [0.4, 0.5) is 0 Å².